The lowest BCUT2D eigenvalue weighted by Crippen LogP contribution is -2.52. The Balaban J connectivity index is 0.00000132. The number of hydrogen-bond donors (Lipinski definition) is 1. The van der Waals surface area contributed by atoms with E-state index in [9.17, 15) is 14.4 Å². The number of carbonyl (C=O) groups is 3. The number of nitrogens with zero attached hydrogens (tertiary/aromatic N) is 3. The highest BCUT2D eigenvalue weighted by Gasteiger charge is 2.39. The molecule has 1 aromatic heterocycles. The predicted octanol–water partition coefficient (Wildman–Crippen LogP) is 2.81. The van der Waals surface area contributed by atoms with Crippen molar-refractivity contribution in [1.29, 1.82) is 0 Å². The number of imide groups is 1. The van der Waals surface area contributed by atoms with Gasteiger partial charge < -0.3 is 4.90 Å². The minimum atomic E-state index is -0.606. The lowest BCUT2D eigenvalue weighted by atomic mass is 10.0. The molecular weight excluding hydrogens is 392 g/mol. The smallest absolute Gasteiger partial charge is 0.255 e. The van der Waals surface area contributed by atoms with E-state index in [2.05, 4.69) is 22.3 Å². The molecular formula is C24H28N4O3. The molecule has 162 valence electrons. The van der Waals surface area contributed by atoms with Gasteiger partial charge in [-0.25, -0.2) is 0 Å². The van der Waals surface area contributed by atoms with Crippen LogP contribution in [0.15, 0.2) is 30.6 Å². The summed E-state index contributed by atoms with van der Waals surface area (Å²) < 4.78 is 1.91. The standard InChI is InChI=1S/C22H22N4O3.C2H6/c1-15-12-23-25(13-15)11-4-2-3-6-16-7-5-8-17-18(16)14-26(22(17)29)19-9-10-20(27)24-21(19)28;1-2/h5,7-8,12-13,19H,2,4,9-11,14H2,1H3,(H,24,27,28);1-2H3. The number of rotatable bonds is 4. The maximum Gasteiger partial charge on any atom is 0.255 e. The van der Waals surface area contributed by atoms with Crippen molar-refractivity contribution >= 4 is 17.7 Å². The maximum atomic E-state index is 12.8. The molecule has 0 aliphatic carbocycles. The first-order valence-electron chi connectivity index (χ1n) is 10.8. The third kappa shape index (κ3) is 5.02. The Morgan fingerprint density at radius 1 is 1.23 bits per heavy atom. The molecule has 2 aliphatic heterocycles. The molecule has 7 nitrogen and oxygen atoms in total. The summed E-state index contributed by atoms with van der Waals surface area (Å²) in [4.78, 5) is 37.9. The van der Waals surface area contributed by atoms with Crippen molar-refractivity contribution in [2.75, 3.05) is 0 Å². The number of aryl methyl sites for hydroxylation is 2. The number of carbonyl (C=O) groups excluding carboxylic acids is 3. The van der Waals surface area contributed by atoms with E-state index in [0.29, 0.717) is 18.5 Å². The number of aromatic nitrogens is 2. The molecule has 1 aromatic carbocycles. The van der Waals surface area contributed by atoms with Crippen molar-refractivity contribution < 1.29 is 14.4 Å². The largest absolute Gasteiger partial charge is 0.322 e. The van der Waals surface area contributed by atoms with E-state index < -0.39 is 11.9 Å². The maximum absolute atomic E-state index is 12.8. The van der Waals surface area contributed by atoms with Gasteiger partial charge in [0, 0.05) is 43.3 Å². The molecule has 2 aliphatic rings. The van der Waals surface area contributed by atoms with Crippen molar-refractivity contribution in [3.63, 3.8) is 0 Å². The van der Waals surface area contributed by atoms with Gasteiger partial charge in [0.15, 0.2) is 0 Å². The molecule has 7 heteroatoms. The molecule has 0 bridgehead atoms. The summed E-state index contributed by atoms with van der Waals surface area (Å²) in [5.41, 5.74) is 3.41. The Labute approximate surface area is 182 Å². The van der Waals surface area contributed by atoms with Crippen LogP contribution < -0.4 is 5.32 Å². The Morgan fingerprint density at radius 2 is 2.03 bits per heavy atom. The molecule has 1 unspecified atom stereocenters. The number of piperidine rings is 1. The van der Waals surface area contributed by atoms with Crippen molar-refractivity contribution in [2.45, 2.75) is 65.6 Å². The molecule has 31 heavy (non-hydrogen) atoms. The monoisotopic (exact) mass is 420 g/mol. The fourth-order valence-corrected chi connectivity index (χ4v) is 3.78. The summed E-state index contributed by atoms with van der Waals surface area (Å²) in [6.07, 6.45) is 6.08. The molecule has 0 saturated carbocycles. The van der Waals surface area contributed by atoms with E-state index in [4.69, 9.17) is 0 Å². The highest BCUT2D eigenvalue weighted by atomic mass is 16.2. The molecule has 1 fully saturated rings. The summed E-state index contributed by atoms with van der Waals surface area (Å²) in [5.74, 6) is 5.51. The van der Waals surface area contributed by atoms with Crippen LogP contribution in [0.3, 0.4) is 0 Å². The van der Waals surface area contributed by atoms with Crippen LogP contribution in [0.1, 0.15) is 66.6 Å². The van der Waals surface area contributed by atoms with Crippen LogP contribution >= 0.6 is 0 Å². The Morgan fingerprint density at radius 3 is 2.74 bits per heavy atom. The van der Waals surface area contributed by atoms with Gasteiger partial charge in [-0.3, -0.25) is 24.4 Å². The summed E-state index contributed by atoms with van der Waals surface area (Å²) in [7, 11) is 0. The van der Waals surface area contributed by atoms with Crippen molar-refractivity contribution in [2.24, 2.45) is 0 Å². The van der Waals surface area contributed by atoms with Crippen LogP contribution in [-0.2, 0) is 22.7 Å². The Kier molecular flexibility index (Phi) is 7.24. The van der Waals surface area contributed by atoms with Gasteiger partial charge in [-0.15, -0.1) is 0 Å². The SMILES string of the molecule is CC.Cc1cnn(CCCC#Cc2cccc3c2CN(C2CCC(=O)NC2=O)C3=O)c1. The van der Waals surface area contributed by atoms with Crippen molar-refractivity contribution in [3.8, 4) is 11.8 Å². The van der Waals surface area contributed by atoms with Gasteiger partial charge in [-0.2, -0.15) is 5.10 Å². The Hall–Kier alpha value is -3.40. The van der Waals surface area contributed by atoms with E-state index >= 15 is 0 Å². The lowest BCUT2D eigenvalue weighted by molar-refractivity contribution is -0.136. The summed E-state index contributed by atoms with van der Waals surface area (Å²) in [6.45, 7) is 7.17. The third-order valence-electron chi connectivity index (χ3n) is 5.26. The first-order chi connectivity index (χ1) is 15.0. The fourth-order valence-electron chi connectivity index (χ4n) is 3.78. The van der Waals surface area contributed by atoms with Crippen LogP contribution in [0.2, 0.25) is 0 Å². The number of amides is 3. The summed E-state index contributed by atoms with van der Waals surface area (Å²) >= 11 is 0. The average molecular weight is 421 g/mol. The number of unbranched alkanes of at least 4 members (excludes halogenated alkanes) is 1. The number of fused-ring (bicyclic) bond motifs is 1. The second-order valence-corrected chi connectivity index (χ2v) is 7.42. The quantitative estimate of drug-likeness (QED) is 0.468. The third-order valence-corrected chi connectivity index (χ3v) is 5.26. The van der Waals surface area contributed by atoms with Gasteiger partial charge in [0.2, 0.25) is 11.8 Å². The van der Waals surface area contributed by atoms with Crippen LogP contribution in [0.5, 0.6) is 0 Å². The first kappa shape index (κ1) is 22.3. The van der Waals surface area contributed by atoms with Crippen LogP contribution in [0.25, 0.3) is 0 Å². The highest BCUT2D eigenvalue weighted by molar-refractivity contribution is 6.05. The van der Waals surface area contributed by atoms with E-state index in [0.717, 1.165) is 36.1 Å². The molecule has 1 atom stereocenters. The number of nitrogens with one attached hydrogen (secondary N) is 1. The first-order valence-corrected chi connectivity index (χ1v) is 10.8. The molecule has 1 N–H and O–H groups in total. The Bertz CT molecular complexity index is 1040. The summed E-state index contributed by atoms with van der Waals surface area (Å²) in [5, 5.41) is 6.59. The average Bonchev–Trinajstić information content (AvgIpc) is 3.33. The zero-order valence-corrected chi connectivity index (χ0v) is 18.3. The minimum Gasteiger partial charge on any atom is -0.322 e. The van der Waals surface area contributed by atoms with Gasteiger partial charge in [0.05, 0.1) is 6.20 Å². The lowest BCUT2D eigenvalue weighted by Gasteiger charge is -2.29. The molecule has 0 radical (unpaired) electrons. The van der Waals surface area contributed by atoms with E-state index in [1.54, 1.807) is 11.0 Å². The minimum absolute atomic E-state index is 0.174. The van der Waals surface area contributed by atoms with Crippen LogP contribution in [0.4, 0.5) is 0 Å². The second kappa shape index (κ2) is 10.1. The fraction of sp³-hybridized carbons (Fsp3) is 0.417. The van der Waals surface area contributed by atoms with Crippen molar-refractivity contribution in [3.05, 3.63) is 52.8 Å². The van der Waals surface area contributed by atoms with Gasteiger partial charge >= 0.3 is 0 Å². The van der Waals surface area contributed by atoms with Gasteiger partial charge in [0.25, 0.3) is 5.91 Å². The molecule has 0 spiro atoms. The second-order valence-electron chi connectivity index (χ2n) is 7.42. The topological polar surface area (TPSA) is 84.3 Å². The molecule has 4 rings (SSSR count). The predicted molar refractivity (Wildman–Crippen MR) is 117 cm³/mol. The number of benzene rings is 1. The normalized spacial score (nSPS) is 17.3. The zero-order valence-electron chi connectivity index (χ0n) is 18.3. The van der Waals surface area contributed by atoms with Gasteiger partial charge in [-0.1, -0.05) is 31.8 Å². The molecule has 1 saturated heterocycles. The van der Waals surface area contributed by atoms with E-state index in [-0.39, 0.29) is 18.2 Å². The van der Waals surface area contributed by atoms with Crippen LogP contribution in [0, 0.1) is 18.8 Å². The van der Waals surface area contributed by atoms with Crippen LogP contribution in [-0.4, -0.2) is 38.4 Å². The number of hydrogen-bond acceptors (Lipinski definition) is 4. The van der Waals surface area contributed by atoms with E-state index in [1.165, 1.54) is 0 Å². The van der Waals surface area contributed by atoms with Gasteiger partial charge in [-0.05, 0) is 43.0 Å². The van der Waals surface area contributed by atoms with Crippen molar-refractivity contribution in [1.82, 2.24) is 20.0 Å². The summed E-state index contributed by atoms with van der Waals surface area (Å²) in [6, 6.07) is 4.89. The molecule has 3 amide bonds. The van der Waals surface area contributed by atoms with E-state index in [1.807, 2.05) is 50.0 Å². The molecule has 3 heterocycles. The molecule has 2 aromatic rings. The zero-order chi connectivity index (χ0) is 22.4. The van der Waals surface area contributed by atoms with Gasteiger partial charge in [0.1, 0.15) is 6.04 Å². The highest BCUT2D eigenvalue weighted by Crippen LogP contribution is 2.29.